The van der Waals surface area contributed by atoms with Gasteiger partial charge < -0.3 is 5.73 Å². The van der Waals surface area contributed by atoms with Gasteiger partial charge in [-0.25, -0.2) is 9.97 Å². The van der Waals surface area contributed by atoms with E-state index in [1.54, 1.807) is 35.4 Å². The quantitative estimate of drug-likeness (QED) is 0.701. The zero-order chi connectivity index (χ0) is 14.7. The van der Waals surface area contributed by atoms with Crippen LogP contribution in [0.3, 0.4) is 0 Å². The standard InChI is InChI=1S/C15H12ClN3S2/c16-13-4-2-1-3-12(13)15-19-10(9-21-15)8-20-11-5-6-14(17)18-7-11/h1-7,9H,8H2,(H2,17,18). The van der Waals surface area contributed by atoms with Crippen LogP contribution in [0.5, 0.6) is 0 Å². The minimum absolute atomic E-state index is 0.536. The lowest BCUT2D eigenvalue weighted by Gasteiger charge is -2.00. The number of hydrogen-bond acceptors (Lipinski definition) is 5. The number of nitrogens with two attached hydrogens (primary N) is 1. The number of nitrogen functional groups attached to an aromatic ring is 1. The predicted octanol–water partition coefficient (Wildman–Crippen LogP) is 4.73. The van der Waals surface area contributed by atoms with E-state index in [0.29, 0.717) is 5.82 Å². The van der Waals surface area contributed by atoms with Crippen LogP contribution in [-0.4, -0.2) is 9.97 Å². The molecule has 2 N–H and O–H groups in total. The minimum Gasteiger partial charge on any atom is -0.384 e. The molecular weight excluding hydrogens is 322 g/mol. The van der Waals surface area contributed by atoms with Gasteiger partial charge in [-0.2, -0.15) is 0 Å². The molecule has 3 nitrogen and oxygen atoms in total. The Hall–Kier alpha value is -1.56. The van der Waals surface area contributed by atoms with Gasteiger partial charge in [-0.15, -0.1) is 23.1 Å². The third-order valence-corrected chi connectivity index (χ3v) is 5.07. The van der Waals surface area contributed by atoms with E-state index >= 15 is 0 Å². The summed E-state index contributed by atoms with van der Waals surface area (Å²) in [5.74, 6) is 1.33. The van der Waals surface area contributed by atoms with Gasteiger partial charge in [-0.1, -0.05) is 29.8 Å². The number of pyridine rings is 1. The predicted molar refractivity (Wildman–Crippen MR) is 90.8 cm³/mol. The molecule has 0 spiro atoms. The molecule has 106 valence electrons. The van der Waals surface area contributed by atoms with Crippen molar-refractivity contribution in [3.8, 4) is 10.6 Å². The molecule has 0 fully saturated rings. The molecule has 6 heteroatoms. The number of benzene rings is 1. The highest BCUT2D eigenvalue weighted by molar-refractivity contribution is 7.98. The number of anilines is 1. The first-order chi connectivity index (χ1) is 10.2. The van der Waals surface area contributed by atoms with E-state index < -0.39 is 0 Å². The molecule has 0 aliphatic heterocycles. The fourth-order valence-corrected chi connectivity index (χ4v) is 3.77. The molecule has 1 aromatic carbocycles. The first-order valence-electron chi connectivity index (χ1n) is 6.26. The molecule has 0 radical (unpaired) electrons. The summed E-state index contributed by atoms with van der Waals surface area (Å²) in [5, 5.41) is 3.75. The summed E-state index contributed by atoms with van der Waals surface area (Å²) in [5.41, 5.74) is 7.59. The zero-order valence-corrected chi connectivity index (χ0v) is 13.4. The topological polar surface area (TPSA) is 51.8 Å². The van der Waals surface area contributed by atoms with Crippen molar-refractivity contribution in [2.24, 2.45) is 0 Å². The number of hydrogen-bond donors (Lipinski definition) is 1. The Morgan fingerprint density at radius 2 is 2.05 bits per heavy atom. The molecule has 2 aromatic heterocycles. The average Bonchev–Trinajstić information content (AvgIpc) is 2.96. The first kappa shape index (κ1) is 14.4. The van der Waals surface area contributed by atoms with Gasteiger partial charge in [0.05, 0.1) is 10.7 Å². The number of aromatic nitrogens is 2. The fraction of sp³-hybridized carbons (Fsp3) is 0.0667. The van der Waals surface area contributed by atoms with E-state index in [9.17, 15) is 0 Å². The van der Waals surface area contributed by atoms with Crippen molar-refractivity contribution in [2.75, 3.05) is 5.73 Å². The van der Waals surface area contributed by atoms with Gasteiger partial charge in [0, 0.05) is 27.8 Å². The summed E-state index contributed by atoms with van der Waals surface area (Å²) in [4.78, 5) is 9.80. The van der Waals surface area contributed by atoms with E-state index in [4.69, 9.17) is 17.3 Å². The van der Waals surface area contributed by atoms with Crippen molar-refractivity contribution in [3.63, 3.8) is 0 Å². The monoisotopic (exact) mass is 333 g/mol. The summed E-state index contributed by atoms with van der Waals surface area (Å²) in [7, 11) is 0. The normalized spacial score (nSPS) is 10.7. The molecule has 0 bridgehead atoms. The van der Waals surface area contributed by atoms with Crippen molar-refractivity contribution >= 4 is 40.5 Å². The third-order valence-electron chi connectivity index (χ3n) is 2.80. The average molecular weight is 334 g/mol. The lowest BCUT2D eigenvalue weighted by molar-refractivity contribution is 1.21. The molecule has 21 heavy (non-hydrogen) atoms. The smallest absolute Gasteiger partial charge is 0.125 e. The molecule has 3 aromatic rings. The van der Waals surface area contributed by atoms with Crippen LogP contribution in [0.25, 0.3) is 10.6 Å². The van der Waals surface area contributed by atoms with E-state index in [1.165, 1.54) is 0 Å². The fourth-order valence-electron chi connectivity index (χ4n) is 1.77. The summed E-state index contributed by atoms with van der Waals surface area (Å²) in [6.07, 6.45) is 1.78. The van der Waals surface area contributed by atoms with Crippen molar-refractivity contribution < 1.29 is 0 Å². The van der Waals surface area contributed by atoms with Crippen LogP contribution in [0.15, 0.2) is 52.9 Å². The van der Waals surface area contributed by atoms with Crippen LogP contribution in [0.2, 0.25) is 5.02 Å². The van der Waals surface area contributed by atoms with Gasteiger partial charge >= 0.3 is 0 Å². The Morgan fingerprint density at radius 1 is 1.19 bits per heavy atom. The Labute approximate surface area is 136 Å². The Morgan fingerprint density at radius 3 is 2.81 bits per heavy atom. The van der Waals surface area contributed by atoms with Gasteiger partial charge in [-0.3, -0.25) is 0 Å². The maximum absolute atomic E-state index is 6.20. The van der Waals surface area contributed by atoms with E-state index in [-0.39, 0.29) is 0 Å². The molecular formula is C15H12ClN3S2. The number of nitrogens with zero attached hydrogens (tertiary/aromatic N) is 2. The number of thioether (sulfide) groups is 1. The van der Waals surface area contributed by atoms with E-state index in [2.05, 4.69) is 15.3 Å². The lowest BCUT2D eigenvalue weighted by Crippen LogP contribution is -1.88. The molecule has 2 heterocycles. The maximum Gasteiger partial charge on any atom is 0.125 e. The van der Waals surface area contributed by atoms with E-state index in [0.717, 1.165) is 31.9 Å². The maximum atomic E-state index is 6.20. The van der Waals surface area contributed by atoms with Crippen LogP contribution in [0, 0.1) is 0 Å². The number of rotatable bonds is 4. The van der Waals surface area contributed by atoms with Crippen LogP contribution < -0.4 is 5.73 Å². The SMILES string of the molecule is Nc1ccc(SCc2csc(-c3ccccc3Cl)n2)cn1. The van der Waals surface area contributed by atoms with E-state index in [1.807, 2.05) is 30.3 Å². The molecule has 3 rings (SSSR count). The highest BCUT2D eigenvalue weighted by Gasteiger charge is 2.08. The molecule has 0 unspecified atom stereocenters. The van der Waals surface area contributed by atoms with Gasteiger partial charge in [0.1, 0.15) is 10.8 Å². The molecule has 0 aliphatic carbocycles. The third kappa shape index (κ3) is 3.56. The summed E-state index contributed by atoms with van der Waals surface area (Å²) in [6.45, 7) is 0. The van der Waals surface area contributed by atoms with Crippen molar-refractivity contribution in [2.45, 2.75) is 10.6 Å². The molecule has 0 amide bonds. The molecule has 0 aliphatic rings. The molecule has 0 atom stereocenters. The van der Waals surface area contributed by atoms with Gasteiger partial charge in [0.25, 0.3) is 0 Å². The van der Waals surface area contributed by atoms with Crippen molar-refractivity contribution in [1.29, 1.82) is 0 Å². The largest absolute Gasteiger partial charge is 0.384 e. The first-order valence-corrected chi connectivity index (χ1v) is 8.50. The lowest BCUT2D eigenvalue weighted by atomic mass is 10.2. The number of thiazole rings is 1. The second-order valence-corrected chi connectivity index (χ2v) is 6.65. The highest BCUT2D eigenvalue weighted by atomic mass is 35.5. The van der Waals surface area contributed by atoms with Gasteiger partial charge in [0.2, 0.25) is 0 Å². The van der Waals surface area contributed by atoms with Crippen LogP contribution >= 0.6 is 34.7 Å². The Bertz CT molecular complexity index is 741. The summed E-state index contributed by atoms with van der Waals surface area (Å²) >= 11 is 9.50. The molecule has 0 saturated heterocycles. The Kier molecular flexibility index (Phi) is 4.43. The summed E-state index contributed by atoms with van der Waals surface area (Å²) < 4.78 is 0. The van der Waals surface area contributed by atoms with Crippen molar-refractivity contribution in [1.82, 2.24) is 9.97 Å². The van der Waals surface area contributed by atoms with Crippen molar-refractivity contribution in [3.05, 3.63) is 58.7 Å². The molecule has 0 saturated carbocycles. The minimum atomic E-state index is 0.536. The van der Waals surface area contributed by atoms with Gasteiger partial charge in [0.15, 0.2) is 0 Å². The number of halogens is 1. The van der Waals surface area contributed by atoms with Crippen LogP contribution in [0.1, 0.15) is 5.69 Å². The van der Waals surface area contributed by atoms with Crippen LogP contribution in [0.4, 0.5) is 5.82 Å². The Balaban J connectivity index is 1.71. The summed E-state index contributed by atoms with van der Waals surface area (Å²) in [6, 6.07) is 11.5. The second-order valence-electron chi connectivity index (χ2n) is 4.33. The van der Waals surface area contributed by atoms with Crippen LogP contribution in [-0.2, 0) is 5.75 Å². The van der Waals surface area contributed by atoms with Gasteiger partial charge in [-0.05, 0) is 18.2 Å². The zero-order valence-electron chi connectivity index (χ0n) is 11.0. The second kappa shape index (κ2) is 6.47. The highest BCUT2D eigenvalue weighted by Crippen LogP contribution is 2.31.